The average molecular weight is 228 g/mol. The van der Waals surface area contributed by atoms with Crippen molar-refractivity contribution in [2.75, 3.05) is 0 Å². The summed E-state index contributed by atoms with van der Waals surface area (Å²) in [7, 11) is 0. The summed E-state index contributed by atoms with van der Waals surface area (Å²) >= 11 is 3.13. The molecule has 2 aromatic rings. The lowest BCUT2D eigenvalue weighted by Gasteiger charge is -1.98. The van der Waals surface area contributed by atoms with E-state index in [2.05, 4.69) is 30.9 Å². The minimum atomic E-state index is -0.246. The highest BCUT2D eigenvalue weighted by molar-refractivity contribution is 9.10. The summed E-state index contributed by atoms with van der Waals surface area (Å²) in [4.78, 5) is 11.4. The monoisotopic (exact) mass is 227 g/mol. The van der Waals surface area contributed by atoms with Crippen LogP contribution in [0.25, 0.3) is 5.82 Å². The van der Waals surface area contributed by atoms with Crippen molar-refractivity contribution in [3.8, 4) is 5.82 Å². The molecule has 2 heterocycles. The molecule has 0 fully saturated rings. The largest absolute Gasteiger partial charge is 0.289 e. The summed E-state index contributed by atoms with van der Waals surface area (Å²) in [5.41, 5.74) is 0. The summed E-state index contributed by atoms with van der Waals surface area (Å²) in [5, 5.41) is 0. The van der Waals surface area contributed by atoms with Gasteiger partial charge in [0.2, 0.25) is 0 Å². The molecule has 0 bridgehead atoms. The van der Waals surface area contributed by atoms with Crippen molar-refractivity contribution < 1.29 is 4.11 Å². The number of nitrogens with zero attached hydrogens (tertiary/aromatic N) is 4. The Labute approximate surface area is 81.6 Å². The molecule has 0 unspecified atom stereocenters. The first-order valence-corrected chi connectivity index (χ1v) is 3.89. The third kappa shape index (κ3) is 1.35. The van der Waals surface area contributed by atoms with Gasteiger partial charge in [0.1, 0.15) is 12.3 Å². The molecule has 0 amide bonds. The van der Waals surface area contributed by atoms with E-state index in [9.17, 15) is 0 Å². The van der Waals surface area contributed by atoms with Crippen molar-refractivity contribution in [3.63, 3.8) is 0 Å². The second kappa shape index (κ2) is 3.02. The summed E-state index contributed by atoms with van der Waals surface area (Å²) < 4.78 is 24.0. The fourth-order valence-corrected chi connectivity index (χ4v) is 0.909. The summed E-state index contributed by atoms with van der Waals surface area (Å²) in [5.74, 6) is 0.305. The van der Waals surface area contributed by atoms with Gasteiger partial charge in [-0.25, -0.2) is 15.0 Å². The van der Waals surface area contributed by atoms with Crippen molar-refractivity contribution in [2.24, 2.45) is 0 Å². The van der Waals surface area contributed by atoms with E-state index in [0.717, 1.165) is 4.57 Å². The van der Waals surface area contributed by atoms with Gasteiger partial charge in [0, 0.05) is 12.3 Å². The zero-order valence-electron chi connectivity index (χ0n) is 8.82. The average Bonchev–Trinajstić information content (AvgIpc) is 2.44. The maximum absolute atomic E-state index is 7.52. The van der Waals surface area contributed by atoms with E-state index in [1.165, 1.54) is 12.4 Å². The molecular weight excluding hydrogens is 220 g/mol. The fourth-order valence-electron chi connectivity index (χ4n) is 0.704. The summed E-state index contributed by atoms with van der Waals surface area (Å²) in [6, 6.07) is 0. The van der Waals surface area contributed by atoms with Gasteiger partial charge in [-0.05, 0) is 15.9 Å². The Morgan fingerprint density at radius 2 is 2.33 bits per heavy atom. The molecule has 5 heteroatoms. The van der Waals surface area contributed by atoms with E-state index in [1.807, 2.05) is 0 Å². The molecule has 2 aromatic heterocycles. The van der Waals surface area contributed by atoms with Gasteiger partial charge < -0.3 is 0 Å². The molecule has 0 atom stereocenters. The van der Waals surface area contributed by atoms with Crippen LogP contribution in [0.2, 0.25) is 0 Å². The number of hydrogen-bond acceptors (Lipinski definition) is 3. The Balaban J connectivity index is 2.58. The third-order valence-electron chi connectivity index (χ3n) is 1.20. The highest BCUT2D eigenvalue weighted by Gasteiger charge is 1.95. The Bertz CT molecular complexity index is 496. The molecule has 0 spiro atoms. The molecule has 0 saturated heterocycles. The zero-order valence-corrected chi connectivity index (χ0v) is 7.41. The van der Waals surface area contributed by atoms with Gasteiger partial charge in [-0.3, -0.25) is 4.57 Å². The molecular formula is C7H5BrN4. The number of aromatic nitrogens is 4. The van der Waals surface area contributed by atoms with Crippen LogP contribution in [0.3, 0.4) is 0 Å². The second-order valence-corrected chi connectivity index (χ2v) is 2.78. The minimum absolute atomic E-state index is 0.170. The molecule has 0 aliphatic heterocycles. The lowest BCUT2D eigenvalue weighted by molar-refractivity contribution is 0.963. The van der Waals surface area contributed by atoms with Gasteiger partial charge in [0.05, 0.1) is 15.1 Å². The van der Waals surface area contributed by atoms with Crippen molar-refractivity contribution in [2.45, 2.75) is 0 Å². The Hall–Kier alpha value is -1.23. The predicted octanol–water partition coefficient (Wildman–Crippen LogP) is 1.42. The van der Waals surface area contributed by atoms with E-state index < -0.39 is 0 Å². The van der Waals surface area contributed by atoms with Crippen molar-refractivity contribution >= 4 is 15.9 Å². The molecule has 0 aliphatic rings. The minimum Gasteiger partial charge on any atom is -0.289 e. The van der Waals surface area contributed by atoms with Crippen LogP contribution < -0.4 is 0 Å². The Morgan fingerprint density at radius 1 is 1.42 bits per heavy atom. The number of hydrogen-bond donors (Lipinski definition) is 0. The van der Waals surface area contributed by atoms with Crippen LogP contribution in [0.4, 0.5) is 0 Å². The highest BCUT2D eigenvalue weighted by Crippen LogP contribution is 2.05. The Morgan fingerprint density at radius 3 is 2.92 bits per heavy atom. The van der Waals surface area contributed by atoms with E-state index in [4.69, 9.17) is 4.11 Å². The smallest absolute Gasteiger partial charge is 0.156 e. The molecule has 60 valence electrons. The lowest BCUT2D eigenvalue weighted by atomic mass is 10.6. The van der Waals surface area contributed by atoms with Gasteiger partial charge >= 0.3 is 0 Å². The summed E-state index contributed by atoms with van der Waals surface area (Å²) in [6.07, 6.45) is 2.25. The highest BCUT2D eigenvalue weighted by atomic mass is 79.9. The topological polar surface area (TPSA) is 43.6 Å². The summed E-state index contributed by atoms with van der Waals surface area (Å²) in [6.45, 7) is 0. The van der Waals surface area contributed by atoms with Crippen LogP contribution in [0.5, 0.6) is 0 Å². The fraction of sp³-hybridized carbons (Fsp3) is 0. The zero-order chi connectivity index (χ0) is 11.0. The molecule has 12 heavy (non-hydrogen) atoms. The quantitative estimate of drug-likeness (QED) is 0.741. The molecule has 2 rings (SSSR count). The van der Waals surface area contributed by atoms with Crippen LogP contribution in [-0.2, 0) is 0 Å². The Kier molecular flexibility index (Phi) is 1.19. The lowest BCUT2D eigenvalue weighted by Crippen LogP contribution is -1.94. The van der Waals surface area contributed by atoms with Crippen molar-refractivity contribution in [1.82, 2.24) is 19.5 Å². The number of imidazole rings is 1. The van der Waals surface area contributed by atoms with E-state index >= 15 is 0 Å². The number of rotatable bonds is 1. The van der Waals surface area contributed by atoms with Crippen LogP contribution in [0.1, 0.15) is 4.11 Å². The van der Waals surface area contributed by atoms with Crippen LogP contribution in [0, 0.1) is 0 Å². The van der Waals surface area contributed by atoms with Gasteiger partial charge in [-0.1, -0.05) is 0 Å². The number of halogens is 1. The molecule has 0 N–H and O–H groups in total. The first-order chi connectivity index (χ1) is 7.09. The molecule has 0 radical (unpaired) electrons. The van der Waals surface area contributed by atoms with Crippen molar-refractivity contribution in [3.05, 3.63) is 35.6 Å². The second-order valence-electron chi connectivity index (χ2n) is 1.97. The van der Waals surface area contributed by atoms with E-state index in [1.54, 1.807) is 0 Å². The molecule has 0 saturated carbocycles. The van der Waals surface area contributed by atoms with Crippen LogP contribution in [-0.4, -0.2) is 19.5 Å². The maximum atomic E-state index is 7.52. The normalized spacial score (nSPS) is 13.6. The van der Waals surface area contributed by atoms with Gasteiger partial charge in [-0.15, -0.1) is 0 Å². The third-order valence-corrected chi connectivity index (χ3v) is 1.61. The van der Waals surface area contributed by atoms with E-state index in [0.29, 0.717) is 10.4 Å². The molecule has 4 nitrogen and oxygen atoms in total. The predicted molar refractivity (Wildman–Crippen MR) is 46.9 cm³/mol. The first kappa shape index (κ1) is 4.71. The SMILES string of the molecule is [2H]c1nc([2H])n(-c2cnc(Br)cn2)c1[2H]. The maximum Gasteiger partial charge on any atom is 0.156 e. The van der Waals surface area contributed by atoms with Crippen LogP contribution >= 0.6 is 15.9 Å². The van der Waals surface area contributed by atoms with Crippen molar-refractivity contribution in [1.29, 1.82) is 0 Å². The van der Waals surface area contributed by atoms with Crippen LogP contribution in [0.15, 0.2) is 35.6 Å². The first-order valence-electron chi connectivity index (χ1n) is 4.60. The van der Waals surface area contributed by atoms with Gasteiger partial charge in [0.15, 0.2) is 5.82 Å². The molecule has 0 aromatic carbocycles. The standard InChI is InChI=1S/C7H5BrN4/c8-6-3-11-7(4-10-6)12-2-1-9-5-12/h1-5H/i1D,2D,5D. The molecule has 0 aliphatic carbocycles. The van der Waals surface area contributed by atoms with Gasteiger partial charge in [-0.2, -0.15) is 0 Å². The van der Waals surface area contributed by atoms with E-state index in [-0.39, 0.29) is 18.6 Å². The van der Waals surface area contributed by atoms with Gasteiger partial charge in [0.25, 0.3) is 0 Å².